The third-order valence-corrected chi connectivity index (χ3v) is 4.68. The number of rotatable bonds is 4. The molecule has 2 heterocycles. The van der Waals surface area contributed by atoms with Crippen molar-refractivity contribution in [2.75, 3.05) is 5.32 Å². The van der Waals surface area contributed by atoms with Crippen LogP contribution >= 0.6 is 11.6 Å². The van der Waals surface area contributed by atoms with Crippen LogP contribution in [0.5, 0.6) is 0 Å². The van der Waals surface area contributed by atoms with E-state index in [9.17, 15) is 18.0 Å². The molecule has 0 spiro atoms. The fourth-order valence-electron chi connectivity index (χ4n) is 2.93. The van der Waals surface area contributed by atoms with Gasteiger partial charge in [-0.05, 0) is 23.8 Å². The van der Waals surface area contributed by atoms with Crippen LogP contribution in [0.25, 0.3) is 10.9 Å². The number of carbonyl (C=O) groups is 1. The summed E-state index contributed by atoms with van der Waals surface area (Å²) in [5.74, 6) is -0.581. The summed E-state index contributed by atoms with van der Waals surface area (Å²) in [7, 11) is 0. The minimum Gasteiger partial charge on any atom is -0.322 e. The second-order valence-electron chi connectivity index (χ2n) is 6.32. The first-order chi connectivity index (χ1) is 13.8. The highest BCUT2D eigenvalue weighted by molar-refractivity contribution is 6.31. The summed E-state index contributed by atoms with van der Waals surface area (Å²) in [6, 6.07) is 9.50. The Morgan fingerprint density at radius 2 is 2.00 bits per heavy atom. The minimum absolute atomic E-state index is 0.00192. The zero-order valence-corrected chi connectivity index (χ0v) is 15.4. The Morgan fingerprint density at radius 1 is 1.21 bits per heavy atom. The fraction of sp³-hybridized carbons (Fsp3) is 0.105. The first-order valence-corrected chi connectivity index (χ1v) is 8.80. The SMILES string of the molecule is O=C(Nc1cc(C(F)(F)F)c2cn[nH]c2c1)c1cnn(Cc2ccccc2Cl)c1. The van der Waals surface area contributed by atoms with E-state index < -0.39 is 17.6 Å². The monoisotopic (exact) mass is 419 g/mol. The first kappa shape index (κ1) is 19.0. The van der Waals surface area contributed by atoms with Gasteiger partial charge in [0.25, 0.3) is 5.91 Å². The first-order valence-electron chi connectivity index (χ1n) is 8.43. The maximum atomic E-state index is 13.3. The maximum Gasteiger partial charge on any atom is 0.417 e. The normalized spacial score (nSPS) is 11.7. The predicted molar refractivity (Wildman–Crippen MR) is 102 cm³/mol. The van der Waals surface area contributed by atoms with Crippen LogP contribution in [-0.4, -0.2) is 25.9 Å². The summed E-state index contributed by atoms with van der Waals surface area (Å²) in [6.07, 6.45) is -0.644. The molecule has 0 aliphatic carbocycles. The Hall–Kier alpha value is -3.33. The number of carbonyl (C=O) groups excluding carboxylic acids is 1. The van der Waals surface area contributed by atoms with Gasteiger partial charge in [0.05, 0.1) is 35.6 Å². The molecule has 0 saturated carbocycles. The topological polar surface area (TPSA) is 75.6 Å². The molecular weight excluding hydrogens is 407 g/mol. The standard InChI is InChI=1S/C19H13ClF3N5O/c20-16-4-2-1-3-11(16)9-28-10-12(7-25-28)18(29)26-13-5-15(19(21,22)23)14-8-24-27-17(14)6-13/h1-8,10H,9H2,(H,24,27)(H,26,29). The van der Waals surface area contributed by atoms with Gasteiger partial charge in [0.15, 0.2) is 0 Å². The molecule has 2 aromatic heterocycles. The molecule has 29 heavy (non-hydrogen) atoms. The Kier molecular flexibility index (Phi) is 4.75. The summed E-state index contributed by atoms with van der Waals surface area (Å²) in [5.41, 5.74) is 0.315. The van der Waals surface area contributed by atoms with Crippen LogP contribution < -0.4 is 5.32 Å². The Morgan fingerprint density at radius 3 is 2.76 bits per heavy atom. The van der Waals surface area contributed by atoms with Gasteiger partial charge in [0.1, 0.15) is 0 Å². The summed E-state index contributed by atoms with van der Waals surface area (Å²) in [4.78, 5) is 12.5. The van der Waals surface area contributed by atoms with E-state index in [0.717, 1.165) is 17.8 Å². The van der Waals surface area contributed by atoms with Crippen molar-refractivity contribution >= 4 is 34.1 Å². The van der Waals surface area contributed by atoms with Crippen molar-refractivity contribution in [2.24, 2.45) is 0 Å². The Labute approximate surface area is 167 Å². The van der Waals surface area contributed by atoms with Gasteiger partial charge in [0.2, 0.25) is 0 Å². The molecule has 1 amide bonds. The van der Waals surface area contributed by atoms with E-state index in [0.29, 0.717) is 11.6 Å². The number of hydrogen-bond donors (Lipinski definition) is 2. The number of alkyl halides is 3. The Balaban J connectivity index is 1.56. The second-order valence-corrected chi connectivity index (χ2v) is 6.73. The number of fused-ring (bicyclic) bond motifs is 1. The molecule has 4 rings (SSSR count). The lowest BCUT2D eigenvalue weighted by Gasteiger charge is -2.11. The lowest BCUT2D eigenvalue weighted by molar-refractivity contribution is -0.136. The van der Waals surface area contributed by atoms with Gasteiger partial charge in [0, 0.05) is 22.3 Å². The number of benzene rings is 2. The van der Waals surface area contributed by atoms with E-state index in [1.165, 1.54) is 23.1 Å². The van der Waals surface area contributed by atoms with Crippen molar-refractivity contribution in [2.45, 2.75) is 12.7 Å². The number of aromatic amines is 1. The van der Waals surface area contributed by atoms with Crippen molar-refractivity contribution in [1.82, 2.24) is 20.0 Å². The van der Waals surface area contributed by atoms with Gasteiger partial charge < -0.3 is 5.32 Å². The van der Waals surface area contributed by atoms with Crippen LogP contribution in [0.1, 0.15) is 21.5 Å². The molecule has 148 valence electrons. The number of aromatic nitrogens is 4. The van der Waals surface area contributed by atoms with Gasteiger partial charge in [-0.1, -0.05) is 29.8 Å². The number of nitrogens with zero attached hydrogens (tertiary/aromatic N) is 3. The molecule has 0 aliphatic heterocycles. The molecule has 0 aliphatic rings. The average molecular weight is 420 g/mol. The summed E-state index contributed by atoms with van der Waals surface area (Å²) >= 11 is 6.12. The van der Waals surface area contributed by atoms with Crippen molar-refractivity contribution in [3.63, 3.8) is 0 Å². The van der Waals surface area contributed by atoms with Crippen LogP contribution in [0.4, 0.5) is 18.9 Å². The third-order valence-electron chi connectivity index (χ3n) is 4.31. The quantitative estimate of drug-likeness (QED) is 0.502. The van der Waals surface area contributed by atoms with Crippen molar-refractivity contribution in [3.8, 4) is 0 Å². The van der Waals surface area contributed by atoms with Crippen molar-refractivity contribution in [3.05, 3.63) is 76.7 Å². The maximum absolute atomic E-state index is 13.3. The number of anilines is 1. The molecule has 0 atom stereocenters. The van der Waals surface area contributed by atoms with Gasteiger partial charge in [-0.15, -0.1) is 0 Å². The molecular formula is C19H13ClF3N5O. The highest BCUT2D eigenvalue weighted by atomic mass is 35.5. The zero-order valence-electron chi connectivity index (χ0n) is 14.7. The molecule has 0 bridgehead atoms. The van der Waals surface area contributed by atoms with Crippen molar-refractivity contribution in [1.29, 1.82) is 0 Å². The molecule has 0 radical (unpaired) electrons. The van der Waals surface area contributed by atoms with E-state index in [-0.39, 0.29) is 22.2 Å². The lowest BCUT2D eigenvalue weighted by Crippen LogP contribution is -2.13. The predicted octanol–water partition coefficient (Wildman–Crippen LogP) is 4.73. The van der Waals surface area contributed by atoms with Crippen LogP contribution in [0, 0.1) is 0 Å². The average Bonchev–Trinajstić information content (AvgIpc) is 3.31. The van der Waals surface area contributed by atoms with Crippen LogP contribution in [0.15, 0.2) is 55.0 Å². The second kappa shape index (κ2) is 7.25. The molecule has 0 unspecified atom stereocenters. The zero-order chi connectivity index (χ0) is 20.6. The molecule has 10 heteroatoms. The van der Waals surface area contributed by atoms with Gasteiger partial charge in [-0.3, -0.25) is 14.6 Å². The highest BCUT2D eigenvalue weighted by Gasteiger charge is 2.33. The highest BCUT2D eigenvalue weighted by Crippen LogP contribution is 2.36. The molecule has 0 fully saturated rings. The molecule has 0 saturated heterocycles. The number of halogens is 4. The summed E-state index contributed by atoms with van der Waals surface area (Å²) in [5, 5.41) is 13.2. The Bertz CT molecular complexity index is 1200. The molecule has 2 aromatic carbocycles. The van der Waals surface area contributed by atoms with Gasteiger partial charge in [-0.25, -0.2) is 0 Å². The number of hydrogen-bond acceptors (Lipinski definition) is 3. The van der Waals surface area contributed by atoms with Crippen LogP contribution in [0.3, 0.4) is 0 Å². The smallest absolute Gasteiger partial charge is 0.322 e. The summed E-state index contributed by atoms with van der Waals surface area (Å²) in [6.45, 7) is 0.352. The molecule has 2 N–H and O–H groups in total. The number of amides is 1. The van der Waals surface area contributed by atoms with E-state index in [4.69, 9.17) is 11.6 Å². The molecule has 4 aromatic rings. The van der Waals surface area contributed by atoms with Gasteiger partial charge >= 0.3 is 6.18 Å². The minimum atomic E-state index is -4.58. The van der Waals surface area contributed by atoms with E-state index in [2.05, 4.69) is 20.6 Å². The van der Waals surface area contributed by atoms with Crippen molar-refractivity contribution < 1.29 is 18.0 Å². The van der Waals surface area contributed by atoms with Crippen LogP contribution in [0.2, 0.25) is 5.02 Å². The van der Waals surface area contributed by atoms with E-state index in [1.54, 1.807) is 12.1 Å². The lowest BCUT2D eigenvalue weighted by atomic mass is 10.1. The number of H-pyrrole nitrogens is 1. The van der Waals surface area contributed by atoms with E-state index >= 15 is 0 Å². The van der Waals surface area contributed by atoms with E-state index in [1.807, 2.05) is 12.1 Å². The van der Waals surface area contributed by atoms with Gasteiger partial charge in [-0.2, -0.15) is 23.4 Å². The summed E-state index contributed by atoms with van der Waals surface area (Å²) < 4.78 is 41.4. The third kappa shape index (κ3) is 3.95. The largest absolute Gasteiger partial charge is 0.417 e. The fourth-order valence-corrected chi connectivity index (χ4v) is 3.13. The number of nitrogens with one attached hydrogen (secondary N) is 2. The molecule has 6 nitrogen and oxygen atoms in total. The van der Waals surface area contributed by atoms with Crippen LogP contribution in [-0.2, 0) is 12.7 Å².